The van der Waals surface area contributed by atoms with Crippen LogP contribution < -0.4 is 16.0 Å². The van der Waals surface area contributed by atoms with Crippen LogP contribution in [0.2, 0.25) is 0 Å². The molecule has 1 aromatic carbocycles. The molecular weight excluding hydrogens is 322 g/mol. The molecular formula is C18H25N3O4. The summed E-state index contributed by atoms with van der Waals surface area (Å²) in [6, 6.07) is 9.32. The first-order chi connectivity index (χ1) is 12.0. The minimum Gasteiger partial charge on any atom is -0.461 e. The molecule has 0 bridgehead atoms. The Morgan fingerprint density at radius 3 is 2.64 bits per heavy atom. The number of carbonyl (C=O) groups excluding carboxylic acids is 3. The molecule has 1 aliphatic rings. The van der Waals surface area contributed by atoms with E-state index in [0.717, 1.165) is 24.9 Å². The number of hydrogen-bond donors (Lipinski definition) is 3. The zero-order valence-corrected chi connectivity index (χ0v) is 14.4. The van der Waals surface area contributed by atoms with Crippen LogP contribution in [0.3, 0.4) is 0 Å². The van der Waals surface area contributed by atoms with Crippen LogP contribution in [-0.4, -0.2) is 37.0 Å². The molecule has 0 aliphatic carbocycles. The molecule has 0 radical (unpaired) electrons. The Kier molecular flexibility index (Phi) is 7.40. The largest absolute Gasteiger partial charge is 0.461 e. The van der Waals surface area contributed by atoms with Gasteiger partial charge in [-0.1, -0.05) is 30.3 Å². The molecule has 1 fully saturated rings. The van der Waals surface area contributed by atoms with Crippen molar-refractivity contribution in [1.82, 2.24) is 16.0 Å². The highest BCUT2D eigenvalue weighted by molar-refractivity contribution is 5.81. The zero-order valence-electron chi connectivity index (χ0n) is 14.4. The van der Waals surface area contributed by atoms with Gasteiger partial charge in [0.15, 0.2) is 0 Å². The molecule has 7 heteroatoms. The second-order valence-corrected chi connectivity index (χ2v) is 6.16. The van der Waals surface area contributed by atoms with E-state index in [1.165, 1.54) is 6.92 Å². The fraction of sp³-hybridized carbons (Fsp3) is 0.500. The third-order valence-electron chi connectivity index (χ3n) is 3.98. The number of piperidine rings is 1. The lowest BCUT2D eigenvalue weighted by atomic mass is 9.98. The average Bonchev–Trinajstić information content (AvgIpc) is 2.61. The first-order valence-electron chi connectivity index (χ1n) is 8.52. The second-order valence-electron chi connectivity index (χ2n) is 6.16. The topological polar surface area (TPSA) is 96.5 Å². The molecule has 0 aromatic heterocycles. The number of amides is 2. The number of ether oxygens (including phenoxy) is 1. The molecule has 2 amide bonds. The minimum absolute atomic E-state index is 0.113. The van der Waals surface area contributed by atoms with Gasteiger partial charge in [-0.2, -0.15) is 0 Å². The van der Waals surface area contributed by atoms with Gasteiger partial charge < -0.3 is 20.7 Å². The van der Waals surface area contributed by atoms with E-state index >= 15 is 0 Å². The van der Waals surface area contributed by atoms with Crippen LogP contribution in [0.25, 0.3) is 0 Å². The van der Waals surface area contributed by atoms with Gasteiger partial charge in [-0.15, -0.1) is 0 Å². The summed E-state index contributed by atoms with van der Waals surface area (Å²) < 4.78 is 5.21. The van der Waals surface area contributed by atoms with E-state index in [1.54, 1.807) is 0 Å². The highest BCUT2D eigenvalue weighted by Gasteiger charge is 2.25. The molecule has 2 atom stereocenters. The Morgan fingerprint density at radius 2 is 2.00 bits per heavy atom. The molecule has 1 saturated heterocycles. The van der Waals surface area contributed by atoms with Gasteiger partial charge in [-0.25, -0.2) is 0 Å². The van der Waals surface area contributed by atoms with Gasteiger partial charge in [0.05, 0.1) is 12.3 Å². The Morgan fingerprint density at radius 1 is 1.24 bits per heavy atom. The van der Waals surface area contributed by atoms with Crippen LogP contribution >= 0.6 is 0 Å². The van der Waals surface area contributed by atoms with Crippen LogP contribution in [0.1, 0.15) is 31.7 Å². The first-order valence-corrected chi connectivity index (χ1v) is 8.52. The van der Waals surface area contributed by atoms with Crippen LogP contribution in [0, 0.1) is 5.92 Å². The maximum absolute atomic E-state index is 12.3. The lowest BCUT2D eigenvalue weighted by Gasteiger charge is -2.25. The third-order valence-corrected chi connectivity index (χ3v) is 3.98. The maximum Gasteiger partial charge on any atom is 0.310 e. The molecule has 1 heterocycles. The number of benzene rings is 1. The Hall–Kier alpha value is -2.41. The first kappa shape index (κ1) is 18.9. The summed E-state index contributed by atoms with van der Waals surface area (Å²) >= 11 is 0. The lowest BCUT2D eigenvalue weighted by molar-refractivity contribution is -0.146. The summed E-state index contributed by atoms with van der Waals surface area (Å²) in [7, 11) is 0. The highest BCUT2D eigenvalue weighted by atomic mass is 16.5. The van der Waals surface area contributed by atoms with Gasteiger partial charge in [0, 0.05) is 13.5 Å². The van der Waals surface area contributed by atoms with Gasteiger partial charge in [0.2, 0.25) is 11.8 Å². The smallest absolute Gasteiger partial charge is 0.310 e. The van der Waals surface area contributed by atoms with Crippen LogP contribution in [0.15, 0.2) is 30.3 Å². The fourth-order valence-corrected chi connectivity index (χ4v) is 2.71. The van der Waals surface area contributed by atoms with Crippen molar-refractivity contribution in [3.05, 3.63) is 35.9 Å². The van der Waals surface area contributed by atoms with Crippen LogP contribution in [-0.2, 0) is 25.7 Å². The number of hydrogen-bond acceptors (Lipinski definition) is 5. The third kappa shape index (κ3) is 6.93. The maximum atomic E-state index is 12.3. The summed E-state index contributed by atoms with van der Waals surface area (Å²) in [5.41, 5.74) is 0.879. The van der Waals surface area contributed by atoms with Gasteiger partial charge in [0.25, 0.3) is 0 Å². The molecule has 1 aromatic rings. The van der Waals surface area contributed by atoms with E-state index in [2.05, 4.69) is 16.0 Å². The Bertz CT molecular complexity index is 585. The molecule has 2 rings (SSSR count). The number of rotatable bonds is 7. The van der Waals surface area contributed by atoms with Crippen molar-refractivity contribution in [2.75, 3.05) is 13.1 Å². The molecule has 0 spiro atoms. The summed E-state index contributed by atoms with van der Waals surface area (Å²) in [4.78, 5) is 35.7. The molecule has 1 aliphatic heterocycles. The van der Waals surface area contributed by atoms with E-state index in [-0.39, 0.29) is 30.8 Å². The monoisotopic (exact) mass is 347 g/mol. The van der Waals surface area contributed by atoms with Crippen molar-refractivity contribution < 1.29 is 19.1 Å². The molecule has 25 heavy (non-hydrogen) atoms. The minimum atomic E-state index is -0.768. The second kappa shape index (κ2) is 9.78. The standard InChI is InChI=1S/C18H25N3O4/c1-13(22)20-16(21-18(24)15-8-5-9-19-11-15)10-17(23)25-12-14-6-3-2-4-7-14/h2-4,6-7,15-16,19H,5,8-12H2,1H3,(H,20,22)(H,21,24)/t15-,16+/m1/s1. The van der Waals surface area contributed by atoms with Crippen LogP contribution in [0.4, 0.5) is 0 Å². The zero-order chi connectivity index (χ0) is 18.1. The van der Waals surface area contributed by atoms with E-state index in [9.17, 15) is 14.4 Å². The molecule has 0 unspecified atom stereocenters. The predicted molar refractivity (Wildman–Crippen MR) is 92.2 cm³/mol. The molecule has 3 N–H and O–H groups in total. The Labute approximate surface area is 147 Å². The van der Waals surface area contributed by atoms with Gasteiger partial charge in [-0.3, -0.25) is 14.4 Å². The lowest BCUT2D eigenvalue weighted by Crippen LogP contribution is -2.52. The fourth-order valence-electron chi connectivity index (χ4n) is 2.71. The quantitative estimate of drug-likeness (QED) is 0.498. The van der Waals surface area contributed by atoms with Crippen LogP contribution in [0.5, 0.6) is 0 Å². The summed E-state index contributed by atoms with van der Waals surface area (Å²) in [5.74, 6) is -1.11. The number of carbonyl (C=O) groups is 3. The van der Waals surface area contributed by atoms with Crippen molar-refractivity contribution in [2.24, 2.45) is 5.92 Å². The number of esters is 1. The summed E-state index contributed by atoms with van der Waals surface area (Å²) in [6.45, 7) is 3.02. The van der Waals surface area contributed by atoms with Crippen molar-refractivity contribution in [2.45, 2.75) is 39.0 Å². The van der Waals surface area contributed by atoms with Crippen molar-refractivity contribution >= 4 is 17.8 Å². The van der Waals surface area contributed by atoms with Crippen molar-refractivity contribution in [3.63, 3.8) is 0 Å². The molecule has 0 saturated carbocycles. The van der Waals surface area contributed by atoms with Crippen molar-refractivity contribution in [1.29, 1.82) is 0 Å². The summed E-state index contributed by atoms with van der Waals surface area (Å²) in [6.07, 6.45) is 0.847. The Balaban J connectivity index is 1.84. The van der Waals surface area contributed by atoms with Gasteiger partial charge >= 0.3 is 5.97 Å². The van der Waals surface area contributed by atoms with E-state index < -0.39 is 12.1 Å². The van der Waals surface area contributed by atoms with Gasteiger partial charge in [0.1, 0.15) is 12.8 Å². The molecule has 136 valence electrons. The van der Waals surface area contributed by atoms with E-state index in [0.29, 0.717) is 6.54 Å². The SMILES string of the molecule is CC(=O)N[C@H](CC(=O)OCc1ccccc1)NC(=O)[C@@H]1CCCNC1. The van der Waals surface area contributed by atoms with Crippen molar-refractivity contribution in [3.8, 4) is 0 Å². The average molecular weight is 347 g/mol. The normalized spacial score (nSPS) is 18.0. The van der Waals surface area contributed by atoms with E-state index in [1.807, 2.05) is 30.3 Å². The summed E-state index contributed by atoms with van der Waals surface area (Å²) in [5, 5.41) is 8.49. The number of nitrogens with one attached hydrogen (secondary N) is 3. The highest BCUT2D eigenvalue weighted by Crippen LogP contribution is 2.10. The predicted octanol–water partition coefficient (Wildman–Crippen LogP) is 0.698. The van der Waals surface area contributed by atoms with Gasteiger partial charge in [-0.05, 0) is 24.9 Å². The molecule has 7 nitrogen and oxygen atoms in total. The van der Waals surface area contributed by atoms with E-state index in [4.69, 9.17) is 4.74 Å².